The summed E-state index contributed by atoms with van der Waals surface area (Å²) in [6, 6.07) is 0.432. The van der Waals surface area contributed by atoms with Crippen molar-refractivity contribution < 1.29 is 9.90 Å². The molecule has 0 aromatic carbocycles. The number of hydrogen-bond donors (Lipinski definition) is 0. The van der Waals surface area contributed by atoms with Crippen LogP contribution in [0.4, 0.5) is 0 Å². The van der Waals surface area contributed by atoms with Crippen LogP contribution in [0, 0.1) is 5.92 Å². The van der Waals surface area contributed by atoms with Crippen LogP contribution in [-0.2, 0) is 4.79 Å². The molecule has 2 atom stereocenters. The summed E-state index contributed by atoms with van der Waals surface area (Å²) in [6.07, 6.45) is 3.69. The van der Waals surface area contributed by atoms with Crippen LogP contribution in [0.5, 0.6) is 0 Å². The summed E-state index contributed by atoms with van der Waals surface area (Å²) in [5.41, 5.74) is 0. The maximum Gasteiger partial charge on any atom is 0.0445 e. The van der Waals surface area contributed by atoms with E-state index in [1.54, 1.807) is 0 Å². The molecule has 3 heteroatoms. The third-order valence-corrected chi connectivity index (χ3v) is 2.71. The first kappa shape index (κ1) is 9.52. The zero-order valence-corrected chi connectivity index (χ0v) is 7.75. The Labute approximate surface area is 73.4 Å². The molecule has 3 nitrogen and oxygen atoms in total. The lowest BCUT2D eigenvalue weighted by atomic mass is 9.85. The predicted molar refractivity (Wildman–Crippen MR) is 44.4 cm³/mol. The van der Waals surface area contributed by atoms with E-state index in [4.69, 9.17) is 0 Å². The van der Waals surface area contributed by atoms with E-state index in [9.17, 15) is 9.90 Å². The average molecular weight is 170 g/mol. The molecule has 0 spiro atoms. The van der Waals surface area contributed by atoms with Gasteiger partial charge in [0, 0.05) is 12.0 Å². The summed E-state index contributed by atoms with van der Waals surface area (Å²) in [5, 5.41) is 10.6. The second-order valence-corrected chi connectivity index (χ2v) is 3.80. The molecule has 1 aliphatic carbocycles. The van der Waals surface area contributed by atoms with E-state index in [2.05, 4.69) is 4.90 Å². The SMILES string of the molecule is CN(C)C1CCCC(C(=O)[O-])C1. The highest BCUT2D eigenvalue weighted by Crippen LogP contribution is 2.25. The highest BCUT2D eigenvalue weighted by molar-refractivity contribution is 5.67. The molecule has 0 N–H and O–H groups in total. The monoisotopic (exact) mass is 170 g/mol. The fraction of sp³-hybridized carbons (Fsp3) is 0.889. The Morgan fingerprint density at radius 1 is 1.42 bits per heavy atom. The highest BCUT2D eigenvalue weighted by atomic mass is 16.4. The Morgan fingerprint density at radius 2 is 2.08 bits per heavy atom. The number of carbonyl (C=O) groups is 1. The first-order chi connectivity index (χ1) is 5.61. The predicted octanol–water partition coefficient (Wildman–Crippen LogP) is -0.143. The molecule has 70 valence electrons. The van der Waals surface area contributed by atoms with Crippen molar-refractivity contribution in [1.82, 2.24) is 4.90 Å². The molecule has 12 heavy (non-hydrogen) atoms. The molecule has 1 rings (SSSR count). The number of hydrogen-bond acceptors (Lipinski definition) is 3. The molecule has 2 unspecified atom stereocenters. The third-order valence-electron chi connectivity index (χ3n) is 2.71. The Morgan fingerprint density at radius 3 is 2.58 bits per heavy atom. The van der Waals surface area contributed by atoms with Crippen LogP contribution in [0.25, 0.3) is 0 Å². The van der Waals surface area contributed by atoms with Gasteiger partial charge in [-0.25, -0.2) is 0 Å². The largest absolute Gasteiger partial charge is 0.550 e. The topological polar surface area (TPSA) is 43.4 Å². The minimum Gasteiger partial charge on any atom is -0.550 e. The molecule has 0 amide bonds. The van der Waals surface area contributed by atoms with E-state index in [1.165, 1.54) is 0 Å². The molecule has 1 saturated carbocycles. The number of carboxylic acid groups (broad SMARTS) is 1. The Hall–Kier alpha value is -0.570. The number of nitrogens with zero attached hydrogens (tertiary/aromatic N) is 1. The molecule has 0 saturated heterocycles. The summed E-state index contributed by atoms with van der Waals surface area (Å²) in [7, 11) is 4.00. The molecular formula is C9H16NO2-. The van der Waals surface area contributed by atoms with Crippen molar-refractivity contribution in [3.8, 4) is 0 Å². The second-order valence-electron chi connectivity index (χ2n) is 3.80. The van der Waals surface area contributed by atoms with Gasteiger partial charge in [-0.1, -0.05) is 6.42 Å². The molecular weight excluding hydrogens is 154 g/mol. The van der Waals surface area contributed by atoms with Gasteiger partial charge in [-0.3, -0.25) is 0 Å². The molecule has 0 bridgehead atoms. The van der Waals surface area contributed by atoms with E-state index >= 15 is 0 Å². The summed E-state index contributed by atoms with van der Waals surface area (Å²) in [6.45, 7) is 0. The Balaban J connectivity index is 2.46. The maximum atomic E-state index is 10.6. The van der Waals surface area contributed by atoms with Crippen molar-refractivity contribution in [3.05, 3.63) is 0 Å². The minimum atomic E-state index is -0.874. The summed E-state index contributed by atoms with van der Waals surface area (Å²) >= 11 is 0. The van der Waals surface area contributed by atoms with Gasteiger partial charge in [-0.2, -0.15) is 0 Å². The lowest BCUT2D eigenvalue weighted by Crippen LogP contribution is -2.40. The van der Waals surface area contributed by atoms with Gasteiger partial charge in [0.25, 0.3) is 0 Å². The van der Waals surface area contributed by atoms with E-state index in [0.717, 1.165) is 25.7 Å². The normalized spacial score (nSPS) is 30.6. The molecule has 0 aliphatic heterocycles. The van der Waals surface area contributed by atoms with Crippen LogP contribution >= 0.6 is 0 Å². The van der Waals surface area contributed by atoms with Gasteiger partial charge in [0.15, 0.2) is 0 Å². The molecule has 0 aromatic rings. The summed E-state index contributed by atoms with van der Waals surface area (Å²) in [4.78, 5) is 12.7. The van der Waals surface area contributed by atoms with Crippen LogP contribution < -0.4 is 5.11 Å². The van der Waals surface area contributed by atoms with Gasteiger partial charge >= 0.3 is 0 Å². The molecule has 1 fully saturated rings. The van der Waals surface area contributed by atoms with E-state index in [0.29, 0.717) is 6.04 Å². The fourth-order valence-corrected chi connectivity index (χ4v) is 1.85. The van der Waals surface area contributed by atoms with Crippen molar-refractivity contribution in [2.45, 2.75) is 31.7 Å². The smallest absolute Gasteiger partial charge is 0.0445 e. The lowest BCUT2D eigenvalue weighted by Gasteiger charge is -2.33. The third kappa shape index (κ3) is 2.21. The van der Waals surface area contributed by atoms with Crippen LogP contribution in [0.3, 0.4) is 0 Å². The Bertz CT molecular complexity index is 168. The molecule has 0 heterocycles. The van der Waals surface area contributed by atoms with Crippen LogP contribution in [-0.4, -0.2) is 31.0 Å². The highest BCUT2D eigenvalue weighted by Gasteiger charge is 2.23. The summed E-state index contributed by atoms with van der Waals surface area (Å²) in [5.74, 6) is -1.09. The first-order valence-electron chi connectivity index (χ1n) is 4.48. The van der Waals surface area contributed by atoms with Crippen molar-refractivity contribution in [1.29, 1.82) is 0 Å². The number of aliphatic carboxylic acids is 1. The van der Waals surface area contributed by atoms with Gasteiger partial charge in [-0.05, 0) is 39.3 Å². The van der Waals surface area contributed by atoms with Crippen molar-refractivity contribution in [2.24, 2.45) is 5.92 Å². The van der Waals surface area contributed by atoms with Gasteiger partial charge < -0.3 is 14.8 Å². The summed E-state index contributed by atoms with van der Waals surface area (Å²) < 4.78 is 0. The van der Waals surface area contributed by atoms with Gasteiger partial charge in [0.1, 0.15) is 0 Å². The quantitative estimate of drug-likeness (QED) is 0.579. The number of carboxylic acids is 1. The zero-order valence-electron chi connectivity index (χ0n) is 7.75. The van der Waals surface area contributed by atoms with Gasteiger partial charge in [-0.15, -0.1) is 0 Å². The molecule has 0 aromatic heterocycles. The van der Waals surface area contributed by atoms with Crippen molar-refractivity contribution in [3.63, 3.8) is 0 Å². The van der Waals surface area contributed by atoms with Crippen molar-refractivity contribution >= 4 is 5.97 Å². The van der Waals surface area contributed by atoms with E-state index in [-0.39, 0.29) is 5.92 Å². The van der Waals surface area contributed by atoms with E-state index < -0.39 is 5.97 Å². The number of carbonyl (C=O) groups excluding carboxylic acids is 1. The molecule has 1 aliphatic rings. The van der Waals surface area contributed by atoms with Crippen LogP contribution in [0.15, 0.2) is 0 Å². The second kappa shape index (κ2) is 3.90. The lowest BCUT2D eigenvalue weighted by molar-refractivity contribution is -0.312. The van der Waals surface area contributed by atoms with E-state index in [1.807, 2.05) is 14.1 Å². The van der Waals surface area contributed by atoms with Crippen molar-refractivity contribution in [2.75, 3.05) is 14.1 Å². The van der Waals surface area contributed by atoms with Gasteiger partial charge in [0.2, 0.25) is 0 Å². The zero-order chi connectivity index (χ0) is 9.14. The maximum absolute atomic E-state index is 10.6. The first-order valence-corrected chi connectivity index (χ1v) is 4.48. The number of rotatable bonds is 2. The average Bonchev–Trinajstić information content (AvgIpc) is 2.04. The standard InChI is InChI=1S/C9H17NO2/c1-10(2)8-5-3-4-7(6-8)9(11)12/h7-8H,3-6H2,1-2H3,(H,11,12)/p-1. The van der Waals surface area contributed by atoms with Crippen LogP contribution in [0.1, 0.15) is 25.7 Å². The van der Waals surface area contributed by atoms with Gasteiger partial charge in [0.05, 0.1) is 0 Å². The molecule has 0 radical (unpaired) electrons. The fourth-order valence-electron chi connectivity index (χ4n) is 1.85. The minimum absolute atomic E-state index is 0.217. The Kier molecular flexibility index (Phi) is 3.09. The van der Waals surface area contributed by atoms with Crippen LogP contribution in [0.2, 0.25) is 0 Å².